The van der Waals surface area contributed by atoms with Gasteiger partial charge in [-0.2, -0.15) is 0 Å². The summed E-state index contributed by atoms with van der Waals surface area (Å²) in [5.41, 5.74) is 0. The van der Waals surface area contributed by atoms with Crippen LogP contribution in [0.4, 0.5) is 0 Å². The Hall–Kier alpha value is 1.11. The van der Waals surface area contributed by atoms with Crippen LogP contribution in [-0.2, 0) is 4.79 Å². The van der Waals surface area contributed by atoms with Gasteiger partial charge in [0, 0.05) is 51.4 Å². The Morgan fingerprint density at radius 1 is 1.44 bits per heavy atom. The van der Waals surface area contributed by atoms with Gasteiger partial charge in [0.05, 0.1) is 5.92 Å². The van der Waals surface area contributed by atoms with Crippen LogP contribution >= 0.6 is 0 Å². The fourth-order valence-corrected chi connectivity index (χ4v) is 0.638. The van der Waals surface area contributed by atoms with Gasteiger partial charge in [-0.3, -0.25) is 4.79 Å². The molecule has 0 aromatic carbocycles. The van der Waals surface area contributed by atoms with E-state index >= 15 is 0 Å². The molecule has 49 valence electrons. The zero-order valence-corrected chi connectivity index (χ0v) is 9.47. The molecule has 0 atom stereocenters. The van der Waals surface area contributed by atoms with E-state index in [4.69, 9.17) is 5.11 Å². The van der Waals surface area contributed by atoms with Gasteiger partial charge in [0.25, 0.3) is 0 Å². The molecule has 0 aromatic rings. The fourth-order valence-electron chi connectivity index (χ4n) is 0.638. The molecule has 0 spiro atoms. The first-order valence-electron chi connectivity index (χ1n) is 2.95. The van der Waals surface area contributed by atoms with Gasteiger partial charge in [-0.25, -0.2) is 0 Å². The number of carboxylic acid groups (broad SMARTS) is 1. The van der Waals surface area contributed by atoms with Crippen molar-refractivity contribution in [3.63, 3.8) is 0 Å². The molecule has 0 fully saturated rings. The van der Waals surface area contributed by atoms with Crippen molar-refractivity contribution >= 4 is 57.4 Å². The molecule has 0 unspecified atom stereocenters. The monoisotopic (exact) mass is 155 g/mol. The third kappa shape index (κ3) is 5.55. The van der Waals surface area contributed by atoms with Crippen LogP contribution in [0.1, 0.15) is 26.7 Å². The molecule has 9 heavy (non-hydrogen) atoms. The van der Waals surface area contributed by atoms with Gasteiger partial charge < -0.3 is 5.11 Å². The molecule has 0 rings (SSSR count). The molecule has 0 aromatic heterocycles. The molecule has 0 heterocycles. The van der Waals surface area contributed by atoms with Crippen molar-refractivity contribution in [2.24, 2.45) is 5.92 Å². The van der Waals surface area contributed by atoms with E-state index in [1.807, 2.05) is 13.8 Å². The minimum atomic E-state index is -0.671. The van der Waals surface area contributed by atoms with E-state index in [2.05, 4.69) is 0 Å². The Balaban J connectivity index is 0. The molecule has 2 nitrogen and oxygen atoms in total. The van der Waals surface area contributed by atoms with Crippen LogP contribution in [0.25, 0.3) is 0 Å². The summed E-state index contributed by atoms with van der Waals surface area (Å²) < 4.78 is 0. The molecule has 3 heteroatoms. The number of carboxylic acids is 1. The number of carbonyl (C=O) groups is 1. The van der Waals surface area contributed by atoms with Gasteiger partial charge in [0.1, 0.15) is 0 Å². The van der Waals surface area contributed by atoms with Crippen molar-refractivity contribution in [3.05, 3.63) is 0 Å². The van der Waals surface area contributed by atoms with Crippen LogP contribution in [0.3, 0.4) is 0 Å². The fraction of sp³-hybridized carbons (Fsp3) is 0.833. The maximum atomic E-state index is 10.2. The Morgan fingerprint density at radius 2 is 1.78 bits per heavy atom. The van der Waals surface area contributed by atoms with Gasteiger partial charge in [-0.05, 0) is 12.8 Å². The van der Waals surface area contributed by atoms with Crippen LogP contribution in [-0.4, -0.2) is 62.5 Å². The molecular weight excluding hydrogens is 143 g/mol. The van der Waals surface area contributed by atoms with Crippen molar-refractivity contribution < 1.29 is 9.90 Å². The van der Waals surface area contributed by atoms with Gasteiger partial charge in [0.15, 0.2) is 0 Å². The topological polar surface area (TPSA) is 37.3 Å². The van der Waals surface area contributed by atoms with Crippen molar-refractivity contribution in [2.45, 2.75) is 26.7 Å². The minimum Gasteiger partial charge on any atom is -0.481 e. The average molecular weight is 155 g/mol. The summed E-state index contributed by atoms with van der Waals surface area (Å²) in [6.45, 7) is 3.78. The van der Waals surface area contributed by atoms with Crippen LogP contribution in [0.15, 0.2) is 0 Å². The summed E-state index contributed by atoms with van der Waals surface area (Å²) in [5, 5.41) is 8.37. The third-order valence-electron chi connectivity index (χ3n) is 1.33. The SMILES string of the molecule is CCC(CC)C(=O)O.[K]. The summed E-state index contributed by atoms with van der Waals surface area (Å²) >= 11 is 0. The van der Waals surface area contributed by atoms with E-state index in [9.17, 15) is 4.79 Å². The maximum Gasteiger partial charge on any atom is 0.306 e. The quantitative estimate of drug-likeness (QED) is 0.620. The Bertz CT molecular complexity index is 79.1. The predicted octanol–water partition coefficient (Wildman–Crippen LogP) is 1.13. The van der Waals surface area contributed by atoms with Gasteiger partial charge in [0.2, 0.25) is 0 Å². The summed E-state index contributed by atoms with van der Waals surface area (Å²) in [6, 6.07) is 0. The number of hydrogen-bond donors (Lipinski definition) is 1. The Labute approximate surface area is 98.4 Å². The maximum absolute atomic E-state index is 10.2. The Kier molecular flexibility index (Phi) is 10.2. The third-order valence-corrected chi connectivity index (χ3v) is 1.33. The summed E-state index contributed by atoms with van der Waals surface area (Å²) in [7, 11) is 0. The second-order valence-corrected chi connectivity index (χ2v) is 1.85. The van der Waals surface area contributed by atoms with E-state index in [0.29, 0.717) is 0 Å². The van der Waals surface area contributed by atoms with Gasteiger partial charge in [-0.15, -0.1) is 0 Å². The largest absolute Gasteiger partial charge is 0.481 e. The van der Waals surface area contributed by atoms with E-state index in [1.165, 1.54) is 0 Å². The number of rotatable bonds is 3. The molecular formula is C6H12KO2. The van der Waals surface area contributed by atoms with E-state index in [1.54, 1.807) is 0 Å². The first kappa shape index (κ1) is 12.8. The summed E-state index contributed by atoms with van der Waals surface area (Å²) in [4.78, 5) is 10.2. The average Bonchev–Trinajstić information content (AvgIpc) is 1.69. The molecule has 1 radical (unpaired) electrons. The molecule has 1 N–H and O–H groups in total. The molecule has 0 saturated carbocycles. The van der Waals surface area contributed by atoms with E-state index in [-0.39, 0.29) is 57.3 Å². The normalized spacial score (nSPS) is 8.78. The van der Waals surface area contributed by atoms with Crippen LogP contribution < -0.4 is 0 Å². The standard InChI is InChI=1S/C6H12O2.K/c1-3-5(4-2)6(7)8;/h5H,3-4H2,1-2H3,(H,7,8);. The van der Waals surface area contributed by atoms with Crippen LogP contribution in [0.5, 0.6) is 0 Å². The van der Waals surface area contributed by atoms with Gasteiger partial charge in [-0.1, -0.05) is 13.8 Å². The molecule has 0 aliphatic rings. The molecule has 0 saturated heterocycles. The van der Waals surface area contributed by atoms with Crippen molar-refractivity contribution in [1.29, 1.82) is 0 Å². The van der Waals surface area contributed by atoms with Gasteiger partial charge >= 0.3 is 5.97 Å². The van der Waals surface area contributed by atoms with Crippen molar-refractivity contribution in [3.8, 4) is 0 Å². The minimum absolute atomic E-state index is 0. The second kappa shape index (κ2) is 7.22. The van der Waals surface area contributed by atoms with Crippen molar-refractivity contribution in [2.75, 3.05) is 0 Å². The Morgan fingerprint density at radius 3 is 1.78 bits per heavy atom. The molecule has 0 aliphatic heterocycles. The zero-order valence-electron chi connectivity index (χ0n) is 6.35. The van der Waals surface area contributed by atoms with Crippen LogP contribution in [0.2, 0.25) is 0 Å². The van der Waals surface area contributed by atoms with Crippen molar-refractivity contribution in [1.82, 2.24) is 0 Å². The summed E-state index contributed by atoms with van der Waals surface area (Å²) in [6.07, 6.45) is 1.48. The molecule has 0 aliphatic carbocycles. The van der Waals surface area contributed by atoms with E-state index < -0.39 is 5.97 Å². The molecule has 0 bridgehead atoms. The smallest absolute Gasteiger partial charge is 0.306 e. The summed E-state index contributed by atoms with van der Waals surface area (Å²) in [5.74, 6) is -0.801. The zero-order chi connectivity index (χ0) is 6.57. The number of aliphatic carboxylic acids is 1. The second-order valence-electron chi connectivity index (χ2n) is 1.85. The predicted molar refractivity (Wildman–Crippen MR) is 37.5 cm³/mol. The first-order chi connectivity index (χ1) is 3.72. The van der Waals surface area contributed by atoms with E-state index in [0.717, 1.165) is 12.8 Å². The number of hydrogen-bond acceptors (Lipinski definition) is 1. The first-order valence-corrected chi connectivity index (χ1v) is 2.95. The van der Waals surface area contributed by atoms with Crippen LogP contribution in [0, 0.1) is 5.92 Å². The molecule has 0 amide bonds.